The molecule has 0 aliphatic carbocycles. The highest BCUT2D eigenvalue weighted by Gasteiger charge is 2.30. The lowest BCUT2D eigenvalue weighted by atomic mass is 9.77. The molecule has 102 valence electrons. The number of hydrogen-bond donors (Lipinski definition) is 2. The first-order chi connectivity index (χ1) is 8.68. The SMILES string of the molecule is CCCCCCC(CO)(CO)c1cccc(Br)c1. The van der Waals surface area contributed by atoms with Crippen molar-refractivity contribution in [1.82, 2.24) is 0 Å². The zero-order valence-electron chi connectivity index (χ0n) is 11.0. The van der Waals surface area contributed by atoms with Gasteiger partial charge in [-0.05, 0) is 24.1 Å². The molecule has 0 unspecified atom stereocenters. The molecule has 0 aromatic heterocycles. The number of hydrogen-bond acceptors (Lipinski definition) is 2. The maximum Gasteiger partial charge on any atom is 0.0550 e. The van der Waals surface area contributed by atoms with E-state index in [1.54, 1.807) is 0 Å². The largest absolute Gasteiger partial charge is 0.395 e. The topological polar surface area (TPSA) is 40.5 Å². The van der Waals surface area contributed by atoms with Gasteiger partial charge in [-0.1, -0.05) is 60.7 Å². The maximum absolute atomic E-state index is 9.70. The van der Waals surface area contributed by atoms with Crippen LogP contribution in [0.15, 0.2) is 28.7 Å². The molecule has 0 aliphatic rings. The second-order valence-electron chi connectivity index (χ2n) is 4.92. The third kappa shape index (κ3) is 4.08. The summed E-state index contributed by atoms with van der Waals surface area (Å²) < 4.78 is 0.986. The zero-order chi connectivity index (χ0) is 13.4. The summed E-state index contributed by atoms with van der Waals surface area (Å²) >= 11 is 3.44. The van der Waals surface area contributed by atoms with Crippen LogP contribution >= 0.6 is 15.9 Å². The van der Waals surface area contributed by atoms with Crippen molar-refractivity contribution in [1.29, 1.82) is 0 Å². The number of unbranched alkanes of at least 4 members (excludes halogenated alkanes) is 3. The van der Waals surface area contributed by atoms with E-state index in [1.165, 1.54) is 12.8 Å². The van der Waals surface area contributed by atoms with E-state index in [1.807, 2.05) is 24.3 Å². The molecule has 0 amide bonds. The second-order valence-corrected chi connectivity index (χ2v) is 5.83. The molecule has 0 radical (unpaired) electrons. The van der Waals surface area contributed by atoms with Gasteiger partial charge in [0, 0.05) is 9.89 Å². The summed E-state index contributed by atoms with van der Waals surface area (Å²) in [4.78, 5) is 0. The fourth-order valence-corrected chi connectivity index (χ4v) is 2.64. The van der Waals surface area contributed by atoms with Crippen molar-refractivity contribution in [3.63, 3.8) is 0 Å². The lowest BCUT2D eigenvalue weighted by molar-refractivity contribution is 0.107. The van der Waals surface area contributed by atoms with Crippen molar-refractivity contribution >= 4 is 15.9 Å². The van der Waals surface area contributed by atoms with Gasteiger partial charge in [0.2, 0.25) is 0 Å². The van der Waals surface area contributed by atoms with Crippen molar-refractivity contribution in [3.8, 4) is 0 Å². The normalized spacial score (nSPS) is 11.8. The predicted molar refractivity (Wildman–Crippen MR) is 78.8 cm³/mol. The lowest BCUT2D eigenvalue weighted by Gasteiger charge is -2.30. The van der Waals surface area contributed by atoms with Gasteiger partial charge in [0.1, 0.15) is 0 Å². The molecule has 2 N–H and O–H groups in total. The Balaban J connectivity index is 2.79. The Hall–Kier alpha value is -0.380. The minimum Gasteiger partial charge on any atom is -0.395 e. The van der Waals surface area contributed by atoms with Gasteiger partial charge >= 0.3 is 0 Å². The van der Waals surface area contributed by atoms with E-state index in [0.29, 0.717) is 0 Å². The van der Waals surface area contributed by atoms with E-state index in [9.17, 15) is 10.2 Å². The summed E-state index contributed by atoms with van der Waals surface area (Å²) in [6.45, 7) is 2.16. The van der Waals surface area contributed by atoms with Crippen molar-refractivity contribution < 1.29 is 10.2 Å². The van der Waals surface area contributed by atoms with Gasteiger partial charge < -0.3 is 10.2 Å². The Morgan fingerprint density at radius 3 is 2.39 bits per heavy atom. The molecular weight excluding hydrogens is 292 g/mol. The summed E-state index contributed by atoms with van der Waals surface area (Å²) in [6, 6.07) is 7.88. The Bertz CT molecular complexity index is 348. The van der Waals surface area contributed by atoms with E-state index < -0.39 is 5.41 Å². The number of aliphatic hydroxyl groups is 2. The van der Waals surface area contributed by atoms with Gasteiger partial charge in [-0.3, -0.25) is 0 Å². The van der Waals surface area contributed by atoms with Crippen LogP contribution in [-0.4, -0.2) is 23.4 Å². The molecule has 0 aliphatic heterocycles. The van der Waals surface area contributed by atoms with Crippen LogP contribution in [0.3, 0.4) is 0 Å². The first-order valence-electron chi connectivity index (χ1n) is 6.66. The van der Waals surface area contributed by atoms with Crippen LogP contribution in [-0.2, 0) is 5.41 Å². The minimum absolute atomic E-state index is 0.00786. The molecule has 0 fully saturated rings. The van der Waals surface area contributed by atoms with Gasteiger partial charge in [0.25, 0.3) is 0 Å². The molecular formula is C15H23BrO2. The number of rotatable bonds is 8. The van der Waals surface area contributed by atoms with Crippen LogP contribution in [0, 0.1) is 0 Å². The number of aliphatic hydroxyl groups excluding tert-OH is 2. The molecule has 1 aromatic carbocycles. The van der Waals surface area contributed by atoms with Gasteiger partial charge in [-0.2, -0.15) is 0 Å². The minimum atomic E-state index is -0.502. The van der Waals surface area contributed by atoms with Gasteiger partial charge in [-0.25, -0.2) is 0 Å². The first-order valence-corrected chi connectivity index (χ1v) is 7.45. The van der Waals surface area contributed by atoms with E-state index in [4.69, 9.17) is 0 Å². The predicted octanol–water partition coefficient (Wildman–Crippen LogP) is 3.64. The summed E-state index contributed by atoms with van der Waals surface area (Å²) in [6.07, 6.45) is 5.44. The molecule has 0 saturated heterocycles. The van der Waals surface area contributed by atoms with E-state index >= 15 is 0 Å². The molecule has 1 aromatic rings. The third-order valence-electron chi connectivity index (χ3n) is 3.55. The quantitative estimate of drug-likeness (QED) is 0.719. The Morgan fingerprint density at radius 1 is 1.11 bits per heavy atom. The standard InChI is InChI=1S/C15H23BrO2/c1-2-3-4-5-9-15(11-17,12-18)13-7-6-8-14(16)10-13/h6-8,10,17-18H,2-5,9,11-12H2,1H3. The van der Waals surface area contributed by atoms with Crippen LogP contribution in [0.25, 0.3) is 0 Å². The van der Waals surface area contributed by atoms with E-state index in [0.717, 1.165) is 29.3 Å². The molecule has 0 atom stereocenters. The molecule has 0 heterocycles. The van der Waals surface area contributed by atoms with Crippen LogP contribution in [0.4, 0.5) is 0 Å². The molecule has 2 nitrogen and oxygen atoms in total. The summed E-state index contributed by atoms with van der Waals surface area (Å²) in [5.74, 6) is 0. The van der Waals surface area contributed by atoms with Crippen LogP contribution in [0.2, 0.25) is 0 Å². The van der Waals surface area contributed by atoms with Crippen LogP contribution in [0.5, 0.6) is 0 Å². The zero-order valence-corrected chi connectivity index (χ0v) is 12.6. The van der Waals surface area contributed by atoms with Crippen molar-refractivity contribution in [2.24, 2.45) is 0 Å². The number of halogens is 1. The molecule has 0 saturated carbocycles. The molecule has 0 spiro atoms. The molecule has 18 heavy (non-hydrogen) atoms. The highest BCUT2D eigenvalue weighted by atomic mass is 79.9. The third-order valence-corrected chi connectivity index (χ3v) is 4.04. The van der Waals surface area contributed by atoms with Crippen molar-refractivity contribution in [2.45, 2.75) is 44.4 Å². The Morgan fingerprint density at radius 2 is 1.83 bits per heavy atom. The fourth-order valence-electron chi connectivity index (χ4n) is 2.24. The van der Waals surface area contributed by atoms with Crippen LogP contribution < -0.4 is 0 Å². The molecule has 0 bridgehead atoms. The average Bonchev–Trinajstić information content (AvgIpc) is 2.40. The Labute approximate surface area is 118 Å². The smallest absolute Gasteiger partial charge is 0.0550 e. The highest BCUT2D eigenvalue weighted by molar-refractivity contribution is 9.10. The summed E-state index contributed by atoms with van der Waals surface area (Å²) in [7, 11) is 0. The monoisotopic (exact) mass is 314 g/mol. The van der Waals surface area contributed by atoms with Crippen molar-refractivity contribution in [2.75, 3.05) is 13.2 Å². The van der Waals surface area contributed by atoms with Gasteiger partial charge in [0.15, 0.2) is 0 Å². The maximum atomic E-state index is 9.70. The van der Waals surface area contributed by atoms with Gasteiger partial charge in [0.05, 0.1) is 13.2 Å². The summed E-state index contributed by atoms with van der Waals surface area (Å²) in [5, 5.41) is 19.4. The van der Waals surface area contributed by atoms with Crippen molar-refractivity contribution in [3.05, 3.63) is 34.3 Å². The Kier molecular flexibility index (Phi) is 6.90. The summed E-state index contributed by atoms with van der Waals surface area (Å²) in [5.41, 5.74) is 0.510. The van der Waals surface area contributed by atoms with Crippen LogP contribution in [0.1, 0.15) is 44.6 Å². The molecule has 3 heteroatoms. The number of benzene rings is 1. The fraction of sp³-hybridized carbons (Fsp3) is 0.600. The molecule has 1 rings (SSSR count). The van der Waals surface area contributed by atoms with E-state index in [2.05, 4.69) is 22.9 Å². The first kappa shape index (κ1) is 15.7. The van der Waals surface area contributed by atoms with Gasteiger partial charge in [-0.15, -0.1) is 0 Å². The second kappa shape index (κ2) is 7.93. The highest BCUT2D eigenvalue weighted by Crippen LogP contribution is 2.31. The van der Waals surface area contributed by atoms with E-state index in [-0.39, 0.29) is 13.2 Å². The average molecular weight is 315 g/mol. The lowest BCUT2D eigenvalue weighted by Crippen LogP contribution is -2.34.